The Morgan fingerprint density at radius 1 is 1.16 bits per heavy atom. The standard InChI is InChI=1S/C26H39N5O5SSi/c1-10-18-19(36-38(8,9)26(5,6)7)13-20(34-18)31-14-28-21-23(31)29-25(27)30-24(21)35-37(32,33)22-16(3)11-15(2)12-17(22)4/h11-12,14,18-20H,10,13H2,1-9H3,(H2,27,29,30)/t18-,19-,20-/m1/s1. The van der Waals surface area contributed by atoms with E-state index in [2.05, 4.69) is 55.7 Å². The van der Waals surface area contributed by atoms with Crippen molar-refractivity contribution < 1.29 is 21.8 Å². The van der Waals surface area contributed by atoms with Gasteiger partial charge in [-0.25, -0.2) is 4.98 Å². The molecular formula is C26H39N5O5SSi. The number of fused-ring (bicyclic) bond motifs is 1. The van der Waals surface area contributed by atoms with Gasteiger partial charge in [0.05, 0.1) is 18.5 Å². The molecule has 1 aliphatic heterocycles. The first-order valence-corrected chi connectivity index (χ1v) is 17.2. The lowest BCUT2D eigenvalue weighted by atomic mass is 10.1. The van der Waals surface area contributed by atoms with Crippen molar-refractivity contribution >= 4 is 35.5 Å². The molecule has 0 bridgehead atoms. The van der Waals surface area contributed by atoms with Gasteiger partial charge in [-0.05, 0) is 56.5 Å². The maximum atomic E-state index is 13.3. The number of nitrogens with two attached hydrogens (primary N) is 1. The Labute approximate surface area is 226 Å². The van der Waals surface area contributed by atoms with Crippen molar-refractivity contribution in [1.29, 1.82) is 0 Å². The Hall–Kier alpha value is -2.54. The Morgan fingerprint density at radius 3 is 2.37 bits per heavy atom. The van der Waals surface area contributed by atoms with Crippen molar-refractivity contribution in [2.45, 2.75) is 103 Å². The molecule has 38 heavy (non-hydrogen) atoms. The van der Waals surface area contributed by atoms with Crippen molar-refractivity contribution in [3.63, 3.8) is 0 Å². The molecule has 3 aromatic rings. The molecule has 0 radical (unpaired) electrons. The minimum absolute atomic E-state index is 0.0681. The van der Waals surface area contributed by atoms with Crippen molar-refractivity contribution in [3.05, 3.63) is 35.2 Å². The number of ether oxygens (including phenoxy) is 1. The molecule has 0 unspecified atom stereocenters. The summed E-state index contributed by atoms with van der Waals surface area (Å²) < 4.78 is 47.0. The Balaban J connectivity index is 1.68. The van der Waals surface area contributed by atoms with E-state index in [1.165, 1.54) is 0 Å². The quantitative estimate of drug-likeness (QED) is 0.306. The molecule has 1 fully saturated rings. The van der Waals surface area contributed by atoms with Gasteiger partial charge in [0.2, 0.25) is 5.95 Å². The fourth-order valence-electron chi connectivity index (χ4n) is 4.80. The van der Waals surface area contributed by atoms with Crippen LogP contribution in [-0.2, 0) is 19.3 Å². The largest absolute Gasteiger partial charge is 0.411 e. The Bertz CT molecular complexity index is 1440. The molecular weight excluding hydrogens is 522 g/mol. The number of hydrogen-bond acceptors (Lipinski definition) is 9. The van der Waals surface area contributed by atoms with Gasteiger partial charge >= 0.3 is 10.1 Å². The van der Waals surface area contributed by atoms with E-state index in [-0.39, 0.29) is 39.5 Å². The number of anilines is 1. The molecule has 208 valence electrons. The maximum Gasteiger partial charge on any atom is 0.341 e. The average molecular weight is 562 g/mol. The van der Waals surface area contributed by atoms with E-state index in [1.807, 2.05) is 6.92 Å². The second-order valence-corrected chi connectivity index (χ2v) is 17.9. The predicted molar refractivity (Wildman–Crippen MR) is 149 cm³/mol. The van der Waals surface area contributed by atoms with Gasteiger partial charge in [0.25, 0.3) is 5.88 Å². The second kappa shape index (κ2) is 9.89. The van der Waals surface area contributed by atoms with Crippen LogP contribution in [0.15, 0.2) is 23.4 Å². The molecule has 10 nitrogen and oxygen atoms in total. The summed E-state index contributed by atoms with van der Waals surface area (Å²) in [6.45, 7) is 18.6. The van der Waals surface area contributed by atoms with Crippen LogP contribution in [0.2, 0.25) is 18.1 Å². The fraction of sp³-hybridized carbons (Fsp3) is 0.577. The van der Waals surface area contributed by atoms with Crippen LogP contribution in [0, 0.1) is 20.8 Å². The monoisotopic (exact) mass is 561 g/mol. The second-order valence-electron chi connectivity index (χ2n) is 11.7. The zero-order valence-corrected chi connectivity index (χ0v) is 25.5. The molecule has 2 N–H and O–H groups in total. The summed E-state index contributed by atoms with van der Waals surface area (Å²) in [6, 6.07) is 3.59. The first-order chi connectivity index (χ1) is 17.5. The predicted octanol–water partition coefficient (Wildman–Crippen LogP) is 5.19. The molecule has 3 heterocycles. The SMILES string of the molecule is CC[C@H]1O[C@@H](n2cnc3c(OS(=O)(=O)c4c(C)cc(C)cc4C)nc(N)nc32)C[C@H]1O[Si](C)(C)C(C)(C)C. The molecule has 0 aliphatic carbocycles. The third-order valence-electron chi connectivity index (χ3n) is 7.60. The van der Waals surface area contributed by atoms with Crippen molar-refractivity contribution in [3.8, 4) is 5.88 Å². The maximum absolute atomic E-state index is 13.3. The van der Waals surface area contributed by atoms with Crippen LogP contribution in [0.4, 0.5) is 5.95 Å². The van der Waals surface area contributed by atoms with Crippen molar-refractivity contribution in [1.82, 2.24) is 19.5 Å². The third kappa shape index (κ3) is 5.31. The first kappa shape index (κ1) is 28.5. The van der Waals surface area contributed by atoms with E-state index in [0.29, 0.717) is 23.2 Å². The van der Waals surface area contributed by atoms with E-state index < -0.39 is 24.7 Å². The molecule has 2 aromatic heterocycles. The lowest BCUT2D eigenvalue weighted by molar-refractivity contribution is -0.0161. The number of aromatic nitrogens is 4. The third-order valence-corrected chi connectivity index (χ3v) is 13.6. The summed E-state index contributed by atoms with van der Waals surface area (Å²) >= 11 is 0. The number of imidazole rings is 1. The van der Waals surface area contributed by atoms with Crippen LogP contribution in [0.3, 0.4) is 0 Å². The summed E-state index contributed by atoms with van der Waals surface area (Å²) in [6.07, 6.45) is 2.39. The van der Waals surface area contributed by atoms with Crippen LogP contribution in [-0.4, -0.2) is 48.5 Å². The summed E-state index contributed by atoms with van der Waals surface area (Å²) in [5.41, 5.74) is 8.67. The first-order valence-electron chi connectivity index (χ1n) is 12.9. The summed E-state index contributed by atoms with van der Waals surface area (Å²) in [5.74, 6) is -0.342. The van der Waals surface area contributed by atoms with Crippen LogP contribution in [0.5, 0.6) is 5.88 Å². The van der Waals surface area contributed by atoms with E-state index in [0.717, 1.165) is 12.0 Å². The molecule has 1 saturated heterocycles. The average Bonchev–Trinajstić information content (AvgIpc) is 3.34. The number of aryl methyl sites for hydroxylation is 3. The van der Waals surface area contributed by atoms with E-state index in [1.54, 1.807) is 36.9 Å². The Morgan fingerprint density at radius 2 is 1.79 bits per heavy atom. The highest BCUT2D eigenvalue weighted by atomic mass is 32.2. The number of nitrogen functional groups attached to an aromatic ring is 1. The Kier molecular flexibility index (Phi) is 7.41. The highest BCUT2D eigenvalue weighted by Crippen LogP contribution is 2.42. The smallest absolute Gasteiger partial charge is 0.341 e. The zero-order valence-electron chi connectivity index (χ0n) is 23.7. The number of benzene rings is 1. The minimum atomic E-state index is -4.21. The fourth-order valence-corrected chi connectivity index (χ4v) is 7.47. The normalized spacial score (nSPS) is 20.8. The summed E-state index contributed by atoms with van der Waals surface area (Å²) in [5, 5.41) is 0.0681. The van der Waals surface area contributed by atoms with Crippen LogP contribution < -0.4 is 9.92 Å². The van der Waals surface area contributed by atoms with Gasteiger partial charge in [-0.1, -0.05) is 45.4 Å². The van der Waals surface area contributed by atoms with Gasteiger partial charge in [-0.15, -0.1) is 0 Å². The van der Waals surface area contributed by atoms with Crippen LogP contribution in [0.1, 0.15) is 63.5 Å². The molecule has 12 heteroatoms. The van der Waals surface area contributed by atoms with Gasteiger partial charge in [0, 0.05) is 6.42 Å². The van der Waals surface area contributed by atoms with Crippen molar-refractivity contribution in [2.24, 2.45) is 0 Å². The summed E-state index contributed by atoms with van der Waals surface area (Å²) in [4.78, 5) is 13.0. The number of nitrogens with zero attached hydrogens (tertiary/aromatic N) is 4. The summed E-state index contributed by atoms with van der Waals surface area (Å²) in [7, 11) is -6.23. The van der Waals surface area contributed by atoms with E-state index >= 15 is 0 Å². The van der Waals surface area contributed by atoms with Gasteiger partial charge in [0.1, 0.15) is 11.1 Å². The highest BCUT2D eigenvalue weighted by Gasteiger charge is 2.45. The molecule has 3 atom stereocenters. The van der Waals surface area contributed by atoms with E-state index in [9.17, 15) is 8.42 Å². The topological polar surface area (TPSA) is 131 Å². The number of hydrogen-bond donors (Lipinski definition) is 1. The molecule has 0 spiro atoms. The van der Waals surface area contributed by atoms with E-state index in [4.69, 9.17) is 19.1 Å². The molecule has 0 amide bonds. The van der Waals surface area contributed by atoms with Gasteiger partial charge in [-0.2, -0.15) is 18.4 Å². The lowest BCUT2D eigenvalue weighted by Crippen LogP contribution is -2.45. The molecule has 1 aliphatic rings. The van der Waals surface area contributed by atoms with Crippen LogP contribution >= 0.6 is 0 Å². The van der Waals surface area contributed by atoms with Gasteiger partial charge < -0.3 is 19.1 Å². The van der Waals surface area contributed by atoms with Gasteiger partial charge in [-0.3, -0.25) is 4.57 Å². The van der Waals surface area contributed by atoms with Crippen molar-refractivity contribution in [2.75, 3.05) is 5.73 Å². The molecule has 0 saturated carbocycles. The zero-order chi connectivity index (χ0) is 28.2. The molecule has 4 rings (SSSR count). The minimum Gasteiger partial charge on any atom is -0.411 e. The number of rotatable bonds is 7. The molecule has 1 aromatic carbocycles. The highest BCUT2D eigenvalue weighted by molar-refractivity contribution is 7.87. The lowest BCUT2D eigenvalue weighted by Gasteiger charge is -2.39. The van der Waals surface area contributed by atoms with Crippen LogP contribution in [0.25, 0.3) is 11.2 Å². The van der Waals surface area contributed by atoms with Gasteiger partial charge in [0.15, 0.2) is 19.5 Å².